The molecule has 0 N–H and O–H groups in total. The zero-order valence-corrected chi connectivity index (χ0v) is 77.2. The number of carbonyl (C=O) groups is 6. The topological polar surface area (TPSA) is 269 Å². The van der Waals surface area contributed by atoms with Crippen molar-refractivity contribution in [1.82, 2.24) is 0 Å². The van der Waals surface area contributed by atoms with Crippen molar-refractivity contribution in [3.63, 3.8) is 0 Å². The summed E-state index contributed by atoms with van der Waals surface area (Å²) in [6.07, 6.45) is -5.04. The first-order valence-corrected chi connectivity index (χ1v) is 41.0. The number of rotatable bonds is 24. The van der Waals surface area contributed by atoms with Gasteiger partial charge in [-0.3, -0.25) is 0 Å². The van der Waals surface area contributed by atoms with E-state index in [1.165, 1.54) is 90.1 Å². The molecule has 24 nitrogen and oxygen atoms in total. The Hall–Kier alpha value is -13.9. The fourth-order valence-electron chi connectivity index (χ4n) is 10.5. The molecule has 12 aromatic rings. The molecule has 12 aromatic carbocycles. The highest BCUT2D eigenvalue weighted by Crippen LogP contribution is 2.35. The predicted molar refractivity (Wildman–Crippen MR) is 480 cm³/mol. The number of halogens is 10. The van der Waals surface area contributed by atoms with Gasteiger partial charge in [0.15, 0.2) is 0 Å². The molecule has 0 amide bonds. The number of para-hydroxylation sites is 1. The largest absolute Gasteiger partial charge is 0.513 e. The van der Waals surface area contributed by atoms with Crippen molar-refractivity contribution in [2.24, 2.45) is 0 Å². The lowest BCUT2D eigenvalue weighted by Gasteiger charge is -2.13. The maximum absolute atomic E-state index is 13.9. The van der Waals surface area contributed by atoms with Gasteiger partial charge in [0.2, 0.25) is 0 Å². The normalized spacial score (nSPS) is 10.2. The molecule has 0 unspecified atom stereocenters. The van der Waals surface area contributed by atoms with E-state index >= 15 is 0 Å². The Balaban J connectivity index is 0.000000215. The number of hydrogen-bond donors (Lipinski definition) is 0. The Labute approximate surface area is 777 Å². The second kappa shape index (κ2) is 53.1. The molecule has 690 valence electrons. The zero-order valence-electron chi connectivity index (χ0n) is 72.7. The maximum atomic E-state index is 13.9. The molecule has 0 aromatic heterocycles. The summed E-state index contributed by atoms with van der Waals surface area (Å²) >= 11 is 11.6. The minimum Gasteiger partial charge on any atom is -0.489 e. The fraction of sp³-hybridized carbons (Fsp3) is 0.196. The van der Waals surface area contributed by atoms with Crippen molar-refractivity contribution in [2.45, 2.75) is 88.1 Å². The van der Waals surface area contributed by atoms with E-state index in [1.54, 1.807) is 199 Å². The highest BCUT2D eigenvalue weighted by molar-refractivity contribution is 14.1. The summed E-state index contributed by atoms with van der Waals surface area (Å²) in [7, 11) is 7.29. The molecule has 0 saturated carbocycles. The quantitative estimate of drug-likeness (QED) is 0.0179. The number of carbonyl (C=O) groups excluding carboxylic acids is 6. The Kier molecular flexibility index (Phi) is 42.2. The minimum absolute atomic E-state index is 0.0144. The lowest BCUT2D eigenvalue weighted by molar-refractivity contribution is 0.119. The average molecular weight is 2010 g/mol. The summed E-state index contributed by atoms with van der Waals surface area (Å²) in [5, 5.41) is 0.369. The molecule has 0 bridgehead atoms. The minimum atomic E-state index is -0.965. The van der Waals surface area contributed by atoms with E-state index in [0.29, 0.717) is 122 Å². The molecule has 0 atom stereocenters. The summed E-state index contributed by atoms with van der Waals surface area (Å²) < 4.78 is 186. The van der Waals surface area contributed by atoms with Gasteiger partial charge in [-0.15, -0.1) is 0 Å². The Morgan fingerprint density at radius 1 is 0.267 bits per heavy atom. The highest BCUT2D eigenvalue weighted by atomic mass is 127. The predicted octanol–water partition coefficient (Wildman–Crippen LogP) is 25.6. The van der Waals surface area contributed by atoms with Crippen LogP contribution in [-0.4, -0.2) is 79.6 Å². The SMILES string of the molecule is COC(=O)Oc1cccc(Br)c1COc1ccc(C)c(F)c1.COC(=O)Oc1cccc(C)c1COc1ccc(C)c(F)c1.COC(=O)Oc1cccc(Cl)c1COc1ccc(C)c(F)c1.COC(=O)Oc1cccc(F)c1COc1ccc(C)c(F)c1.COC(=O)Oc1cccc(I)c1COc1ccc(C)c(F)c1.COC(=O)Oc1ccccc1COc1ccc(C)c(F)c1. The smallest absolute Gasteiger partial charge is 0.489 e. The molecule has 34 heteroatoms. The van der Waals surface area contributed by atoms with E-state index in [2.05, 4.69) is 66.9 Å². The van der Waals surface area contributed by atoms with Crippen molar-refractivity contribution >= 4 is 87.1 Å². The van der Waals surface area contributed by atoms with E-state index in [0.717, 1.165) is 16.2 Å². The molecule has 131 heavy (non-hydrogen) atoms. The monoisotopic (exact) mass is 2010 g/mol. The number of methoxy groups -OCH3 is 6. The van der Waals surface area contributed by atoms with Crippen LogP contribution in [0.5, 0.6) is 69.0 Å². The molecule has 0 saturated heterocycles. The third-order valence-corrected chi connectivity index (χ3v) is 20.1. The summed E-state index contributed by atoms with van der Waals surface area (Å²) in [6, 6.07) is 58.9. The van der Waals surface area contributed by atoms with E-state index in [-0.39, 0.29) is 91.5 Å². The molecular formula is C97H88BrClF7IO24. The zero-order chi connectivity index (χ0) is 95.8. The van der Waals surface area contributed by atoms with Gasteiger partial charge in [-0.2, -0.15) is 0 Å². The van der Waals surface area contributed by atoms with Crippen LogP contribution in [0.4, 0.5) is 59.5 Å². The number of hydrogen-bond acceptors (Lipinski definition) is 24. The number of aryl methyl sites for hydroxylation is 7. The second-order valence-corrected chi connectivity index (χ2v) is 29.5. The van der Waals surface area contributed by atoms with Gasteiger partial charge < -0.3 is 85.3 Å². The second-order valence-electron chi connectivity index (χ2n) is 27.1. The molecular weight excluding hydrogens is 1920 g/mol. The van der Waals surface area contributed by atoms with Crippen molar-refractivity contribution in [1.29, 1.82) is 0 Å². The van der Waals surface area contributed by atoms with Crippen LogP contribution in [0.1, 0.15) is 72.3 Å². The van der Waals surface area contributed by atoms with Gasteiger partial charge in [-0.25, -0.2) is 59.5 Å². The van der Waals surface area contributed by atoms with E-state index < -0.39 is 48.6 Å². The van der Waals surface area contributed by atoms with Crippen molar-refractivity contribution in [3.8, 4) is 69.0 Å². The van der Waals surface area contributed by atoms with Gasteiger partial charge in [0, 0.05) is 66.7 Å². The molecule has 0 aliphatic rings. The van der Waals surface area contributed by atoms with Gasteiger partial charge in [-0.05, 0) is 207 Å². The number of benzene rings is 12. The summed E-state index contributed by atoms with van der Waals surface area (Å²) in [5.74, 6) is 1.11. The van der Waals surface area contributed by atoms with Gasteiger partial charge in [0.1, 0.15) is 149 Å². The molecule has 0 heterocycles. The Bertz CT molecular complexity index is 5220. The van der Waals surface area contributed by atoms with Gasteiger partial charge in [0.05, 0.1) is 58.8 Å². The fourth-order valence-corrected chi connectivity index (χ4v) is 11.8. The van der Waals surface area contributed by atoms with Crippen LogP contribution in [-0.2, 0) is 68.1 Å². The first-order valence-electron chi connectivity index (χ1n) is 38.8. The first-order chi connectivity index (χ1) is 62.6. The third-order valence-electron chi connectivity index (χ3n) is 18.0. The van der Waals surface area contributed by atoms with Crippen LogP contribution in [0.2, 0.25) is 5.02 Å². The maximum Gasteiger partial charge on any atom is 0.513 e. The van der Waals surface area contributed by atoms with Crippen LogP contribution in [0.15, 0.2) is 229 Å². The van der Waals surface area contributed by atoms with Crippen molar-refractivity contribution in [2.75, 3.05) is 42.7 Å². The van der Waals surface area contributed by atoms with Gasteiger partial charge in [0.25, 0.3) is 0 Å². The van der Waals surface area contributed by atoms with Crippen LogP contribution < -0.4 is 56.8 Å². The Morgan fingerprint density at radius 2 is 0.527 bits per heavy atom. The van der Waals surface area contributed by atoms with Crippen LogP contribution >= 0.6 is 50.1 Å². The molecule has 0 aliphatic heterocycles. The van der Waals surface area contributed by atoms with Crippen molar-refractivity contribution < 1.29 is 145 Å². The van der Waals surface area contributed by atoms with Crippen LogP contribution in [0, 0.1) is 92.8 Å². The lowest BCUT2D eigenvalue weighted by atomic mass is 10.1. The molecule has 0 fully saturated rings. The molecule has 0 radical (unpaired) electrons. The lowest BCUT2D eigenvalue weighted by Crippen LogP contribution is -2.11. The van der Waals surface area contributed by atoms with E-state index in [9.17, 15) is 59.5 Å². The standard InChI is InChI=1S/C17H17FO4.C16H14BrFO4.C16H14ClFO4.C16H14F2O4.C16H14FIO4.C16H15FO4/c1-11-5-4-6-16(22-17(19)20-3)14(11)10-21-13-8-7-12(2)15(18)9-13;3*1-10-6-7-11(8-14(10)18)21-9-12-13(17)4-3-5-15(12)22-16(19)20-2;1-10-6-7-11(8-13(10)17)21-9-12-14(18)4-3-5-15(12)22-16(19)20-2;1-11-7-8-13(9-14(11)17)20-10-12-5-3-4-6-15(12)21-16(18)19-2/h4-9H,10H2,1-3H3;4*3-8H,9H2,1-2H3;3-9H,10H2,1-2H3. The molecule has 0 aliphatic carbocycles. The molecule has 0 spiro atoms. The summed E-state index contributed by atoms with van der Waals surface area (Å²) in [4.78, 5) is 67.3. The van der Waals surface area contributed by atoms with E-state index in [4.69, 9.17) is 68.4 Å². The summed E-state index contributed by atoms with van der Waals surface area (Å²) in [6.45, 7) is 12.2. The third kappa shape index (κ3) is 33.9. The van der Waals surface area contributed by atoms with Crippen LogP contribution in [0.25, 0.3) is 0 Å². The molecule has 12 rings (SSSR count). The first kappa shape index (κ1) is 104. The van der Waals surface area contributed by atoms with E-state index in [1.807, 2.05) is 19.1 Å². The highest BCUT2D eigenvalue weighted by Gasteiger charge is 2.21. The van der Waals surface area contributed by atoms with Gasteiger partial charge in [-0.1, -0.05) is 119 Å². The van der Waals surface area contributed by atoms with Gasteiger partial charge >= 0.3 is 36.9 Å². The average Bonchev–Trinajstić information content (AvgIpc) is 0.859. The van der Waals surface area contributed by atoms with Crippen molar-refractivity contribution in [3.05, 3.63) is 351 Å². The summed E-state index contributed by atoms with van der Waals surface area (Å²) in [5.41, 5.74) is 7.28. The number of ether oxygens (including phenoxy) is 18. The van der Waals surface area contributed by atoms with Crippen LogP contribution in [0.3, 0.4) is 0 Å². The Morgan fingerprint density at radius 3 is 0.893 bits per heavy atom.